The molecule has 3 aromatic heterocycles. The number of hydrogen-bond acceptors (Lipinski definition) is 3. The highest BCUT2D eigenvalue weighted by Crippen LogP contribution is 2.28. The summed E-state index contributed by atoms with van der Waals surface area (Å²) in [4.78, 5) is 12.7. The first kappa shape index (κ1) is 10.6. The fourth-order valence-electron chi connectivity index (χ4n) is 1.90. The van der Waals surface area contributed by atoms with Crippen LogP contribution in [0.4, 0.5) is 0 Å². The summed E-state index contributed by atoms with van der Waals surface area (Å²) in [6.45, 7) is 0. The maximum Gasteiger partial charge on any atom is 0.0781 e. The minimum Gasteiger partial charge on any atom is -0.265 e. The van der Waals surface area contributed by atoms with E-state index < -0.39 is 0 Å². The summed E-state index contributed by atoms with van der Waals surface area (Å²) in [5, 5.41) is 0. The molecule has 0 aliphatic carbocycles. The summed E-state index contributed by atoms with van der Waals surface area (Å²) in [7, 11) is 0. The van der Waals surface area contributed by atoms with Crippen LogP contribution in [0.2, 0.25) is 0 Å². The Morgan fingerprint density at radius 2 is 1.50 bits per heavy atom. The van der Waals surface area contributed by atoms with Crippen LogP contribution in [0.15, 0.2) is 67.4 Å². The van der Waals surface area contributed by atoms with E-state index in [4.69, 9.17) is 0 Å². The summed E-state index contributed by atoms with van der Waals surface area (Å²) in [6.07, 6.45) is 8.97. The Balaban J connectivity index is 2.18. The van der Waals surface area contributed by atoms with Gasteiger partial charge in [0.2, 0.25) is 0 Å². The first-order valence-electron chi connectivity index (χ1n) is 5.71. The van der Waals surface area contributed by atoms with Crippen LogP contribution in [0.5, 0.6) is 0 Å². The Morgan fingerprint density at radius 1 is 0.667 bits per heavy atom. The van der Waals surface area contributed by atoms with Crippen LogP contribution < -0.4 is 0 Å². The van der Waals surface area contributed by atoms with Crippen molar-refractivity contribution in [1.29, 1.82) is 0 Å². The molecule has 0 aromatic carbocycles. The van der Waals surface area contributed by atoms with E-state index in [0.717, 1.165) is 22.4 Å². The highest BCUT2D eigenvalue weighted by Gasteiger charge is 2.07. The van der Waals surface area contributed by atoms with Gasteiger partial charge < -0.3 is 0 Å². The molecule has 0 unspecified atom stereocenters. The maximum absolute atomic E-state index is 4.47. The molecule has 0 fully saturated rings. The van der Waals surface area contributed by atoms with E-state index in [-0.39, 0.29) is 0 Å². The molecule has 0 radical (unpaired) electrons. The molecule has 3 heterocycles. The molecule has 3 aromatic rings. The SMILES string of the molecule is c1cncc(-c2cccnc2-c2ccncc2)c1. The van der Waals surface area contributed by atoms with Gasteiger partial charge in [0.1, 0.15) is 0 Å². The number of aromatic nitrogens is 3. The first-order chi connectivity index (χ1) is 8.95. The number of nitrogens with zero attached hydrogens (tertiary/aromatic N) is 3. The van der Waals surface area contributed by atoms with E-state index in [1.54, 1.807) is 24.8 Å². The van der Waals surface area contributed by atoms with Gasteiger partial charge in [-0.2, -0.15) is 0 Å². The number of rotatable bonds is 2. The average Bonchev–Trinajstić information content (AvgIpc) is 2.49. The molecule has 3 heteroatoms. The minimum atomic E-state index is 0.952. The molecule has 0 saturated heterocycles. The van der Waals surface area contributed by atoms with Gasteiger partial charge in [0, 0.05) is 47.7 Å². The Bertz CT molecular complexity index is 578. The van der Waals surface area contributed by atoms with Crippen molar-refractivity contribution in [3.63, 3.8) is 0 Å². The van der Waals surface area contributed by atoms with Crippen molar-refractivity contribution in [2.75, 3.05) is 0 Å². The van der Waals surface area contributed by atoms with Crippen LogP contribution in [0.3, 0.4) is 0 Å². The second-order valence-electron chi connectivity index (χ2n) is 3.88. The fraction of sp³-hybridized carbons (Fsp3) is 0. The second kappa shape index (κ2) is 4.75. The maximum atomic E-state index is 4.47. The first-order valence-corrected chi connectivity index (χ1v) is 5.71. The Hall–Kier alpha value is -2.55. The lowest BCUT2D eigenvalue weighted by atomic mass is 10.0. The van der Waals surface area contributed by atoms with Crippen molar-refractivity contribution in [2.45, 2.75) is 0 Å². The molecule has 3 nitrogen and oxygen atoms in total. The molecule has 0 aliphatic rings. The quantitative estimate of drug-likeness (QED) is 0.682. The van der Waals surface area contributed by atoms with E-state index in [1.807, 2.05) is 36.5 Å². The van der Waals surface area contributed by atoms with Gasteiger partial charge in [-0.1, -0.05) is 12.1 Å². The monoisotopic (exact) mass is 233 g/mol. The smallest absolute Gasteiger partial charge is 0.0781 e. The van der Waals surface area contributed by atoms with Gasteiger partial charge in [-0.25, -0.2) is 0 Å². The van der Waals surface area contributed by atoms with Gasteiger partial charge in [-0.05, 0) is 24.3 Å². The molecule has 0 N–H and O–H groups in total. The Kier molecular flexibility index (Phi) is 2.80. The minimum absolute atomic E-state index is 0.952. The zero-order valence-corrected chi connectivity index (χ0v) is 9.69. The van der Waals surface area contributed by atoms with Gasteiger partial charge in [-0.15, -0.1) is 0 Å². The third kappa shape index (κ3) is 1.98. The van der Waals surface area contributed by atoms with Crippen molar-refractivity contribution < 1.29 is 0 Å². The van der Waals surface area contributed by atoms with Gasteiger partial charge in [-0.3, -0.25) is 15.0 Å². The van der Waals surface area contributed by atoms with E-state index in [0.29, 0.717) is 0 Å². The third-order valence-electron chi connectivity index (χ3n) is 2.73. The predicted molar refractivity (Wildman–Crippen MR) is 70.7 cm³/mol. The average molecular weight is 233 g/mol. The molecule has 0 aliphatic heterocycles. The van der Waals surface area contributed by atoms with E-state index >= 15 is 0 Å². The van der Waals surface area contributed by atoms with Crippen molar-refractivity contribution in [3.8, 4) is 22.4 Å². The van der Waals surface area contributed by atoms with Gasteiger partial charge >= 0.3 is 0 Å². The largest absolute Gasteiger partial charge is 0.265 e. The summed E-state index contributed by atoms with van der Waals surface area (Å²) >= 11 is 0. The lowest BCUT2D eigenvalue weighted by Crippen LogP contribution is -1.89. The van der Waals surface area contributed by atoms with Gasteiger partial charge in [0.05, 0.1) is 5.69 Å². The number of pyridine rings is 3. The summed E-state index contributed by atoms with van der Waals surface area (Å²) in [5.41, 5.74) is 4.16. The molecule has 3 rings (SSSR count). The molecule has 0 amide bonds. The Labute approximate surface area is 105 Å². The van der Waals surface area contributed by atoms with Crippen molar-refractivity contribution in [1.82, 2.24) is 15.0 Å². The zero-order valence-electron chi connectivity index (χ0n) is 9.69. The van der Waals surface area contributed by atoms with E-state index in [1.165, 1.54) is 0 Å². The van der Waals surface area contributed by atoms with Crippen LogP contribution in [0.1, 0.15) is 0 Å². The number of hydrogen-bond donors (Lipinski definition) is 0. The van der Waals surface area contributed by atoms with Crippen LogP contribution in [-0.4, -0.2) is 15.0 Å². The van der Waals surface area contributed by atoms with Crippen LogP contribution >= 0.6 is 0 Å². The van der Waals surface area contributed by atoms with Gasteiger partial charge in [0.25, 0.3) is 0 Å². The predicted octanol–water partition coefficient (Wildman–Crippen LogP) is 3.21. The van der Waals surface area contributed by atoms with Gasteiger partial charge in [0.15, 0.2) is 0 Å². The standard InChI is InChI=1S/C15H11N3/c1-3-13(11-17-7-1)14-4-2-8-18-15(14)12-5-9-16-10-6-12/h1-11H. The molecule has 86 valence electrons. The fourth-order valence-corrected chi connectivity index (χ4v) is 1.90. The van der Waals surface area contributed by atoms with Crippen LogP contribution in [0, 0.1) is 0 Å². The van der Waals surface area contributed by atoms with Crippen molar-refractivity contribution in [2.24, 2.45) is 0 Å². The highest BCUT2D eigenvalue weighted by atomic mass is 14.7. The molecule has 0 saturated carbocycles. The highest BCUT2D eigenvalue weighted by molar-refractivity contribution is 5.79. The molecular formula is C15H11N3. The molecule has 0 atom stereocenters. The van der Waals surface area contributed by atoms with Crippen LogP contribution in [0.25, 0.3) is 22.4 Å². The summed E-state index contributed by atoms with van der Waals surface area (Å²) in [5.74, 6) is 0. The topological polar surface area (TPSA) is 38.7 Å². The summed E-state index contributed by atoms with van der Waals surface area (Å²) < 4.78 is 0. The zero-order chi connectivity index (χ0) is 12.2. The lowest BCUT2D eigenvalue weighted by Gasteiger charge is -2.07. The van der Waals surface area contributed by atoms with E-state index in [9.17, 15) is 0 Å². The Morgan fingerprint density at radius 3 is 2.28 bits per heavy atom. The van der Waals surface area contributed by atoms with Crippen molar-refractivity contribution in [3.05, 3.63) is 67.4 Å². The molecule has 0 spiro atoms. The summed E-state index contributed by atoms with van der Waals surface area (Å²) in [6, 6.07) is 11.9. The lowest BCUT2D eigenvalue weighted by molar-refractivity contribution is 1.28. The third-order valence-corrected chi connectivity index (χ3v) is 2.73. The molecule has 0 bridgehead atoms. The van der Waals surface area contributed by atoms with Crippen molar-refractivity contribution >= 4 is 0 Å². The molecular weight excluding hydrogens is 222 g/mol. The molecule has 18 heavy (non-hydrogen) atoms. The van der Waals surface area contributed by atoms with Crippen LogP contribution in [-0.2, 0) is 0 Å². The second-order valence-corrected chi connectivity index (χ2v) is 3.88. The van der Waals surface area contributed by atoms with E-state index in [2.05, 4.69) is 21.0 Å². The normalized spacial score (nSPS) is 10.2.